The Balaban J connectivity index is 0.00000176. The van der Waals surface area contributed by atoms with Gasteiger partial charge in [-0.1, -0.05) is 18.5 Å². The molecule has 0 bridgehead atoms. The van der Waals surface area contributed by atoms with Crippen LogP contribution < -0.4 is 11.1 Å². The molecule has 9 heteroatoms. The molecule has 1 fully saturated rings. The quantitative estimate of drug-likeness (QED) is 0.445. The molecule has 0 radical (unpaired) electrons. The van der Waals surface area contributed by atoms with Crippen LogP contribution >= 0.6 is 23.4 Å². The number of anilines is 1. The molecule has 4 atom stereocenters. The van der Waals surface area contributed by atoms with E-state index in [1.807, 2.05) is 6.92 Å². The van der Waals surface area contributed by atoms with Gasteiger partial charge in [0, 0.05) is 46.7 Å². The molecule has 1 saturated carbocycles. The van der Waals surface area contributed by atoms with Gasteiger partial charge in [0.2, 0.25) is 0 Å². The molecule has 0 aromatic heterocycles. The number of benzene rings is 2. The normalized spacial score (nSPS) is 21.0. The van der Waals surface area contributed by atoms with E-state index in [9.17, 15) is 18.0 Å². The predicted octanol–water partition coefficient (Wildman–Crippen LogP) is 5.86. The van der Waals surface area contributed by atoms with Gasteiger partial charge in [0.1, 0.15) is 0 Å². The number of carbonyl (C=O) groups excluding carboxylic acids is 1. The summed E-state index contributed by atoms with van der Waals surface area (Å²) in [5, 5.41) is 10.3. The van der Waals surface area contributed by atoms with Crippen LogP contribution in [-0.2, 0) is 0 Å². The van der Waals surface area contributed by atoms with Gasteiger partial charge < -0.3 is 16.2 Å². The second-order valence-corrected chi connectivity index (χ2v) is 9.59. The van der Waals surface area contributed by atoms with Gasteiger partial charge >= 0.3 is 0 Å². The van der Waals surface area contributed by atoms with Crippen molar-refractivity contribution in [2.45, 2.75) is 49.3 Å². The number of aliphatic hydroxyl groups excluding tert-OH is 1. The lowest BCUT2D eigenvalue weighted by atomic mass is 9.98. The lowest BCUT2D eigenvalue weighted by molar-refractivity contribution is 0.102. The minimum Gasteiger partial charge on any atom is -0.400 e. The Morgan fingerprint density at radius 3 is 2.44 bits per heavy atom. The number of nitrogens with one attached hydrogen (secondary N) is 1. The number of hydrogen-bond donors (Lipinski definition) is 3. The molecular formula is C23H28ClF3N2O2S. The number of aliphatic hydroxyl groups is 1. The smallest absolute Gasteiger partial charge is 0.255 e. The summed E-state index contributed by atoms with van der Waals surface area (Å²) in [5.41, 5.74) is 6.13. The van der Waals surface area contributed by atoms with E-state index in [-0.39, 0.29) is 11.7 Å². The number of hydrogen-bond acceptors (Lipinski definition) is 4. The number of rotatable bonds is 6. The van der Waals surface area contributed by atoms with Crippen molar-refractivity contribution in [3.05, 3.63) is 58.4 Å². The van der Waals surface area contributed by atoms with Crippen LogP contribution in [0.15, 0.2) is 35.2 Å². The van der Waals surface area contributed by atoms with E-state index in [1.165, 1.54) is 6.07 Å². The van der Waals surface area contributed by atoms with Crippen molar-refractivity contribution in [1.29, 1.82) is 0 Å². The van der Waals surface area contributed by atoms with Gasteiger partial charge in [0.25, 0.3) is 5.91 Å². The summed E-state index contributed by atoms with van der Waals surface area (Å²) in [5.74, 6) is -3.90. The van der Waals surface area contributed by atoms with E-state index in [1.54, 1.807) is 23.9 Å². The fourth-order valence-electron chi connectivity index (χ4n) is 3.92. The fourth-order valence-corrected chi connectivity index (χ4v) is 5.65. The Kier molecular flexibility index (Phi) is 9.88. The highest BCUT2D eigenvalue weighted by Crippen LogP contribution is 2.46. The van der Waals surface area contributed by atoms with Crippen molar-refractivity contribution < 1.29 is 23.1 Å². The minimum absolute atomic E-state index is 0.118. The van der Waals surface area contributed by atoms with Gasteiger partial charge in [-0.15, -0.1) is 11.8 Å². The van der Waals surface area contributed by atoms with Gasteiger partial charge in [-0.2, -0.15) is 0 Å². The Bertz CT molecular complexity index is 922. The van der Waals surface area contributed by atoms with E-state index >= 15 is 0 Å². The van der Waals surface area contributed by atoms with Crippen LogP contribution in [0, 0.1) is 29.3 Å². The summed E-state index contributed by atoms with van der Waals surface area (Å²) < 4.78 is 39.9. The van der Waals surface area contributed by atoms with Crippen LogP contribution in [-0.4, -0.2) is 29.4 Å². The van der Waals surface area contributed by atoms with Crippen molar-refractivity contribution in [2.24, 2.45) is 17.6 Å². The van der Waals surface area contributed by atoms with Crippen LogP contribution in [0.4, 0.5) is 18.9 Å². The molecule has 2 aromatic carbocycles. The van der Waals surface area contributed by atoms with Crippen LogP contribution in [0.25, 0.3) is 0 Å². The molecule has 3 rings (SSSR count). The molecule has 0 spiro atoms. The highest BCUT2D eigenvalue weighted by molar-refractivity contribution is 8.00. The van der Waals surface area contributed by atoms with Gasteiger partial charge in [-0.25, -0.2) is 13.2 Å². The summed E-state index contributed by atoms with van der Waals surface area (Å²) >= 11 is 8.03. The zero-order valence-electron chi connectivity index (χ0n) is 18.2. The van der Waals surface area contributed by atoms with E-state index in [2.05, 4.69) is 12.2 Å². The number of amides is 1. The molecule has 1 aliphatic carbocycles. The van der Waals surface area contributed by atoms with Crippen molar-refractivity contribution in [3.63, 3.8) is 0 Å². The van der Waals surface area contributed by atoms with Gasteiger partial charge in [0.05, 0.1) is 5.02 Å². The van der Waals surface area contributed by atoms with Gasteiger partial charge in [0.15, 0.2) is 17.5 Å². The third-order valence-corrected chi connectivity index (χ3v) is 7.55. The van der Waals surface area contributed by atoms with Gasteiger partial charge in [-0.05, 0) is 56.2 Å². The van der Waals surface area contributed by atoms with Crippen LogP contribution in [0.3, 0.4) is 0 Å². The van der Waals surface area contributed by atoms with Crippen LogP contribution in [0.1, 0.15) is 43.5 Å². The summed E-state index contributed by atoms with van der Waals surface area (Å²) in [6, 6.07) is 6.43. The molecule has 4 unspecified atom stereocenters. The Morgan fingerprint density at radius 2 is 1.84 bits per heavy atom. The number of carbonyl (C=O) groups is 1. The highest BCUT2D eigenvalue weighted by Gasteiger charge is 2.34. The molecule has 0 aliphatic heterocycles. The molecule has 1 amide bonds. The van der Waals surface area contributed by atoms with Crippen LogP contribution in [0.2, 0.25) is 5.02 Å². The second-order valence-electron chi connectivity index (χ2n) is 7.96. The Hall–Kier alpha value is -1.74. The van der Waals surface area contributed by atoms with Crippen LogP contribution in [0.5, 0.6) is 0 Å². The maximum absolute atomic E-state index is 13.4. The monoisotopic (exact) mass is 488 g/mol. The van der Waals surface area contributed by atoms with E-state index in [0.29, 0.717) is 27.7 Å². The standard InChI is InChI=1S/C22H24ClF3N2OS.CH4O/c1-11-3-4-13(7-12(2)27)21(11)30-19-8-14(5-6-16(19)23)22(29)28-15-9-17(24)20(26)18(25)10-15;1-2/h5-6,8-13,21H,3-4,7,27H2,1-2H3,(H,28,29);2H,1H3. The Morgan fingerprint density at radius 1 is 1.22 bits per heavy atom. The first-order valence-corrected chi connectivity index (χ1v) is 11.5. The Labute approximate surface area is 195 Å². The van der Waals surface area contributed by atoms with Crippen molar-refractivity contribution >= 4 is 35.0 Å². The SMILES string of the molecule is CC(N)CC1CCC(C)C1Sc1cc(C(=O)Nc2cc(F)c(F)c(F)c2)ccc1Cl.CO. The maximum atomic E-state index is 13.4. The first kappa shape index (κ1) is 26.5. The molecule has 4 N–H and O–H groups in total. The van der Waals surface area contributed by atoms with Gasteiger partial charge in [-0.3, -0.25) is 4.79 Å². The predicted molar refractivity (Wildman–Crippen MR) is 124 cm³/mol. The lowest BCUT2D eigenvalue weighted by Crippen LogP contribution is -2.24. The fraction of sp³-hybridized carbons (Fsp3) is 0.435. The third-order valence-electron chi connectivity index (χ3n) is 5.39. The highest BCUT2D eigenvalue weighted by atomic mass is 35.5. The molecule has 32 heavy (non-hydrogen) atoms. The van der Waals surface area contributed by atoms with E-state index in [4.69, 9.17) is 22.4 Å². The number of nitrogens with two attached hydrogens (primary N) is 1. The first-order chi connectivity index (χ1) is 15.2. The lowest BCUT2D eigenvalue weighted by Gasteiger charge is -2.24. The largest absolute Gasteiger partial charge is 0.400 e. The molecule has 176 valence electrons. The van der Waals surface area contributed by atoms with E-state index in [0.717, 1.165) is 43.4 Å². The van der Waals surface area contributed by atoms with E-state index < -0.39 is 23.4 Å². The summed E-state index contributed by atoms with van der Waals surface area (Å²) in [7, 11) is 1.00. The average molecular weight is 489 g/mol. The van der Waals surface area contributed by atoms with Crippen molar-refractivity contribution in [2.75, 3.05) is 12.4 Å². The minimum atomic E-state index is -1.58. The molecule has 0 heterocycles. The third kappa shape index (κ3) is 6.63. The molecule has 2 aromatic rings. The average Bonchev–Trinajstić information content (AvgIpc) is 3.07. The number of thioether (sulfide) groups is 1. The first-order valence-electron chi connectivity index (χ1n) is 10.3. The second kappa shape index (κ2) is 11.9. The molecular weight excluding hydrogens is 461 g/mol. The van der Waals surface area contributed by atoms with Crippen molar-refractivity contribution in [3.8, 4) is 0 Å². The maximum Gasteiger partial charge on any atom is 0.255 e. The molecule has 0 saturated heterocycles. The summed E-state index contributed by atoms with van der Waals surface area (Å²) in [6.07, 6.45) is 3.16. The zero-order valence-corrected chi connectivity index (χ0v) is 19.7. The zero-order chi connectivity index (χ0) is 24.0. The molecule has 4 nitrogen and oxygen atoms in total. The molecule has 1 aliphatic rings. The summed E-state index contributed by atoms with van der Waals surface area (Å²) in [4.78, 5) is 13.4. The van der Waals surface area contributed by atoms with Crippen molar-refractivity contribution in [1.82, 2.24) is 0 Å². The summed E-state index contributed by atoms with van der Waals surface area (Å²) in [6.45, 7) is 4.21. The topological polar surface area (TPSA) is 75.4 Å². The number of halogens is 4.